The molecule has 0 aromatic carbocycles. The Balaban J connectivity index is 3.56. The van der Waals surface area contributed by atoms with Gasteiger partial charge in [0, 0.05) is 72.9 Å². The number of rotatable bonds is 12. The van der Waals surface area contributed by atoms with E-state index in [4.69, 9.17) is 18.9 Å². The Kier molecular flexibility index (Phi) is 18.7. The standard InChI is InChI=1S/C37H70N6O9/c1-34(2,3)49-30(45)25-40-17-19-41(26-31(46)50-35(4,5)6)21-23-43(24-22-42(20-18-40)27-32(47)51-36(7,8)9)28(33(48)52-37(10,11)12)15-16-29(44)38-39(13)14/h28H,15-27H2,1-14H3,(H,38,44)/t28-/m1/s1. The van der Waals surface area contributed by atoms with Gasteiger partial charge in [-0.3, -0.25) is 49.0 Å². The first kappa shape index (κ1) is 47.2. The molecule has 1 amide bonds. The zero-order valence-corrected chi connectivity index (χ0v) is 34.7. The summed E-state index contributed by atoms with van der Waals surface area (Å²) < 4.78 is 22.8. The minimum absolute atomic E-state index is 0.00149. The van der Waals surface area contributed by atoms with Crippen LogP contribution >= 0.6 is 0 Å². The molecule has 1 aliphatic heterocycles. The van der Waals surface area contributed by atoms with Crippen LogP contribution in [0.25, 0.3) is 0 Å². The van der Waals surface area contributed by atoms with Gasteiger partial charge in [-0.15, -0.1) is 0 Å². The summed E-state index contributed by atoms with van der Waals surface area (Å²) >= 11 is 0. The van der Waals surface area contributed by atoms with Crippen molar-refractivity contribution >= 4 is 29.8 Å². The number of nitrogens with one attached hydrogen (secondary N) is 1. The minimum atomic E-state index is -0.787. The van der Waals surface area contributed by atoms with Crippen molar-refractivity contribution in [3.8, 4) is 0 Å². The minimum Gasteiger partial charge on any atom is -0.459 e. The van der Waals surface area contributed by atoms with E-state index in [-0.39, 0.29) is 44.4 Å². The maximum Gasteiger partial charge on any atom is 0.323 e. The van der Waals surface area contributed by atoms with Crippen LogP contribution in [0.1, 0.15) is 95.9 Å². The monoisotopic (exact) mass is 743 g/mol. The van der Waals surface area contributed by atoms with Crippen molar-refractivity contribution in [3.05, 3.63) is 0 Å². The van der Waals surface area contributed by atoms with Crippen molar-refractivity contribution in [2.24, 2.45) is 0 Å². The molecule has 1 N–H and O–H groups in total. The van der Waals surface area contributed by atoms with Gasteiger partial charge in [0.2, 0.25) is 5.91 Å². The SMILES string of the molecule is CN(C)NC(=O)CC[C@H](C(=O)OC(C)(C)C)N1CCN(CC(=O)OC(C)(C)C)CCN(CC(=O)OC(C)(C)C)CCN(CC(=O)OC(C)(C)C)CC1. The van der Waals surface area contributed by atoms with Crippen LogP contribution in [-0.4, -0.2) is 169 Å². The lowest BCUT2D eigenvalue weighted by Crippen LogP contribution is -2.53. The van der Waals surface area contributed by atoms with Gasteiger partial charge in [0.25, 0.3) is 0 Å². The van der Waals surface area contributed by atoms with Gasteiger partial charge in [0.1, 0.15) is 28.4 Å². The molecule has 0 aliphatic carbocycles. The van der Waals surface area contributed by atoms with E-state index in [9.17, 15) is 24.0 Å². The smallest absolute Gasteiger partial charge is 0.323 e. The second-order valence-electron chi connectivity index (χ2n) is 17.6. The molecule has 1 fully saturated rings. The average Bonchev–Trinajstić information content (AvgIpc) is 2.89. The Hall–Kier alpha value is -2.85. The van der Waals surface area contributed by atoms with Gasteiger partial charge >= 0.3 is 23.9 Å². The molecule has 1 aliphatic rings. The highest BCUT2D eigenvalue weighted by molar-refractivity contribution is 5.79. The second kappa shape index (κ2) is 20.6. The number of carbonyl (C=O) groups is 5. The summed E-state index contributed by atoms with van der Waals surface area (Å²) in [6, 6.07) is -0.787. The van der Waals surface area contributed by atoms with Crippen LogP contribution in [0.4, 0.5) is 0 Å². The number of esters is 4. The van der Waals surface area contributed by atoms with E-state index >= 15 is 0 Å². The first-order chi connectivity index (χ1) is 23.6. The lowest BCUT2D eigenvalue weighted by atomic mass is 10.1. The molecule has 52 heavy (non-hydrogen) atoms. The molecule has 0 saturated carbocycles. The first-order valence-electron chi connectivity index (χ1n) is 18.4. The Bertz CT molecular complexity index is 1120. The number of amides is 1. The normalized spacial score (nSPS) is 17.8. The van der Waals surface area contributed by atoms with E-state index in [1.165, 1.54) is 0 Å². The summed E-state index contributed by atoms with van der Waals surface area (Å²) in [4.78, 5) is 73.5. The third-order valence-electron chi connectivity index (χ3n) is 7.30. The number of ether oxygens (including phenoxy) is 4. The molecule has 302 valence electrons. The zero-order valence-electron chi connectivity index (χ0n) is 34.7. The van der Waals surface area contributed by atoms with Crippen LogP contribution in [0.2, 0.25) is 0 Å². The number of hydrogen-bond donors (Lipinski definition) is 1. The van der Waals surface area contributed by atoms with Crippen LogP contribution < -0.4 is 5.43 Å². The molecule has 1 rings (SSSR count). The fraction of sp³-hybridized carbons (Fsp3) is 0.865. The lowest BCUT2D eigenvalue weighted by Gasteiger charge is -2.37. The van der Waals surface area contributed by atoms with Crippen LogP contribution in [0, 0.1) is 0 Å². The summed E-state index contributed by atoms with van der Waals surface area (Å²) in [5.41, 5.74) is -0.0395. The van der Waals surface area contributed by atoms with Gasteiger partial charge in [-0.1, -0.05) is 0 Å². The molecular formula is C37H70N6O9. The molecule has 1 saturated heterocycles. The molecule has 1 heterocycles. The molecular weight excluding hydrogens is 672 g/mol. The average molecular weight is 743 g/mol. The highest BCUT2D eigenvalue weighted by Crippen LogP contribution is 2.17. The lowest BCUT2D eigenvalue weighted by molar-refractivity contribution is -0.163. The largest absolute Gasteiger partial charge is 0.459 e. The van der Waals surface area contributed by atoms with E-state index in [1.54, 1.807) is 39.9 Å². The summed E-state index contributed by atoms with van der Waals surface area (Å²) in [6.45, 7) is 24.8. The first-order valence-corrected chi connectivity index (χ1v) is 18.4. The molecule has 15 heteroatoms. The van der Waals surface area contributed by atoms with Gasteiger partial charge in [-0.2, -0.15) is 0 Å². The molecule has 1 atom stereocenters. The summed E-state index contributed by atoms with van der Waals surface area (Å²) in [5, 5.41) is 1.55. The van der Waals surface area contributed by atoms with Crippen LogP contribution in [0.5, 0.6) is 0 Å². The maximum absolute atomic E-state index is 13.8. The second-order valence-corrected chi connectivity index (χ2v) is 17.6. The van der Waals surface area contributed by atoms with Crippen molar-refractivity contribution in [1.82, 2.24) is 30.0 Å². The highest BCUT2D eigenvalue weighted by Gasteiger charge is 2.33. The Morgan fingerprint density at radius 3 is 1.13 bits per heavy atom. The van der Waals surface area contributed by atoms with E-state index in [2.05, 4.69) is 5.43 Å². The number of nitrogens with zero attached hydrogens (tertiary/aromatic N) is 5. The Morgan fingerprint density at radius 1 is 0.538 bits per heavy atom. The molecule has 15 nitrogen and oxygen atoms in total. The fourth-order valence-corrected chi connectivity index (χ4v) is 5.40. The third-order valence-corrected chi connectivity index (χ3v) is 7.30. The van der Waals surface area contributed by atoms with Crippen molar-refractivity contribution in [2.45, 2.75) is 124 Å². The fourth-order valence-electron chi connectivity index (χ4n) is 5.40. The van der Waals surface area contributed by atoms with Crippen molar-refractivity contribution in [3.63, 3.8) is 0 Å². The number of hydrogen-bond acceptors (Lipinski definition) is 14. The van der Waals surface area contributed by atoms with Crippen molar-refractivity contribution in [1.29, 1.82) is 0 Å². The number of hydrazine groups is 1. The van der Waals surface area contributed by atoms with Crippen LogP contribution in [0.15, 0.2) is 0 Å². The Morgan fingerprint density at radius 2 is 0.846 bits per heavy atom. The van der Waals surface area contributed by atoms with E-state index in [0.717, 1.165) is 0 Å². The third kappa shape index (κ3) is 22.9. The van der Waals surface area contributed by atoms with Gasteiger partial charge in [-0.05, 0) is 89.5 Å². The zero-order chi connectivity index (χ0) is 40.1. The quantitative estimate of drug-likeness (QED) is 0.177. The van der Waals surface area contributed by atoms with Crippen LogP contribution in [0.3, 0.4) is 0 Å². The van der Waals surface area contributed by atoms with Crippen molar-refractivity contribution < 1.29 is 42.9 Å². The van der Waals surface area contributed by atoms with E-state index in [1.807, 2.05) is 81.9 Å². The topological polar surface area (TPSA) is 150 Å². The van der Waals surface area contributed by atoms with Gasteiger partial charge < -0.3 is 18.9 Å². The predicted molar refractivity (Wildman–Crippen MR) is 199 cm³/mol. The predicted octanol–water partition coefficient (Wildman–Crippen LogP) is 2.32. The van der Waals surface area contributed by atoms with Gasteiger partial charge in [0.15, 0.2) is 0 Å². The van der Waals surface area contributed by atoms with Gasteiger partial charge in [0.05, 0.1) is 19.6 Å². The summed E-state index contributed by atoms with van der Waals surface area (Å²) in [6.07, 6.45) is 0.262. The van der Waals surface area contributed by atoms with E-state index in [0.29, 0.717) is 52.4 Å². The molecule has 0 spiro atoms. The van der Waals surface area contributed by atoms with Crippen molar-refractivity contribution in [2.75, 3.05) is 86.1 Å². The molecule has 0 unspecified atom stereocenters. The summed E-state index contributed by atoms with van der Waals surface area (Å²) in [5.74, 6) is -1.86. The maximum atomic E-state index is 13.8. The molecule has 0 aromatic rings. The highest BCUT2D eigenvalue weighted by atomic mass is 16.6. The molecule has 0 aromatic heterocycles. The summed E-state index contributed by atoms with van der Waals surface area (Å²) in [7, 11) is 3.43. The van der Waals surface area contributed by atoms with Crippen LogP contribution in [-0.2, 0) is 42.9 Å². The molecule has 0 bridgehead atoms. The number of carbonyl (C=O) groups excluding carboxylic acids is 5. The Labute approximate surface area is 312 Å². The van der Waals surface area contributed by atoms with Gasteiger partial charge in [-0.25, -0.2) is 5.01 Å². The van der Waals surface area contributed by atoms with E-state index < -0.39 is 46.4 Å². The molecule has 0 radical (unpaired) electrons.